The standard InChI is InChI=1S/C6H10O.C5H10O/c1-2-4-6-5(3-1)7-6;1-5-3-2-4-6-5/h5-6H,1-4H2;5H,2-4H2,1H3. The molecule has 0 N–H and O–H groups in total. The molecule has 0 radical (unpaired) electrons. The molecule has 13 heavy (non-hydrogen) atoms. The first-order valence-corrected chi connectivity index (χ1v) is 5.63. The minimum atomic E-state index is 0.546. The summed E-state index contributed by atoms with van der Waals surface area (Å²) in [6, 6.07) is 0. The first kappa shape index (κ1) is 9.47. The number of hydrogen-bond donors (Lipinski definition) is 0. The van der Waals surface area contributed by atoms with Gasteiger partial charge in [-0.1, -0.05) is 12.8 Å². The Balaban J connectivity index is 0.000000102. The van der Waals surface area contributed by atoms with Gasteiger partial charge in [0.25, 0.3) is 0 Å². The molecule has 2 aliphatic heterocycles. The molecule has 0 aromatic carbocycles. The van der Waals surface area contributed by atoms with E-state index >= 15 is 0 Å². The molecule has 3 aliphatic rings. The molecular weight excluding hydrogens is 164 g/mol. The second-order valence-electron chi connectivity index (χ2n) is 4.32. The number of hydrogen-bond acceptors (Lipinski definition) is 2. The Morgan fingerprint density at radius 1 is 0.923 bits per heavy atom. The van der Waals surface area contributed by atoms with Crippen LogP contribution in [0.3, 0.4) is 0 Å². The monoisotopic (exact) mass is 184 g/mol. The van der Waals surface area contributed by atoms with Crippen LogP contribution in [-0.2, 0) is 9.47 Å². The highest BCUT2D eigenvalue weighted by Gasteiger charge is 2.39. The molecule has 3 rings (SSSR count). The predicted molar refractivity (Wildman–Crippen MR) is 51.8 cm³/mol. The zero-order valence-corrected chi connectivity index (χ0v) is 8.50. The Morgan fingerprint density at radius 3 is 1.92 bits per heavy atom. The molecular formula is C11H20O2. The van der Waals surface area contributed by atoms with Crippen LogP contribution in [0.5, 0.6) is 0 Å². The molecule has 0 bridgehead atoms. The molecule has 1 aliphatic carbocycles. The van der Waals surface area contributed by atoms with E-state index in [9.17, 15) is 0 Å². The molecule has 0 aromatic heterocycles. The second-order valence-corrected chi connectivity index (χ2v) is 4.32. The van der Waals surface area contributed by atoms with Gasteiger partial charge in [0.1, 0.15) is 0 Å². The minimum absolute atomic E-state index is 0.546. The quantitative estimate of drug-likeness (QED) is 0.539. The predicted octanol–water partition coefficient (Wildman–Crippen LogP) is 2.51. The zero-order valence-electron chi connectivity index (χ0n) is 8.50. The van der Waals surface area contributed by atoms with Crippen molar-refractivity contribution in [1.29, 1.82) is 0 Å². The summed E-state index contributed by atoms with van der Waals surface area (Å²) in [4.78, 5) is 0. The van der Waals surface area contributed by atoms with Gasteiger partial charge in [0.2, 0.25) is 0 Å². The van der Waals surface area contributed by atoms with Gasteiger partial charge in [-0.3, -0.25) is 0 Å². The smallest absolute Gasteiger partial charge is 0.0841 e. The molecule has 3 unspecified atom stereocenters. The maximum absolute atomic E-state index is 5.28. The van der Waals surface area contributed by atoms with Gasteiger partial charge in [0.15, 0.2) is 0 Å². The highest BCUT2D eigenvalue weighted by Crippen LogP contribution is 2.35. The highest BCUT2D eigenvalue weighted by atomic mass is 16.6. The first-order chi connectivity index (χ1) is 6.36. The van der Waals surface area contributed by atoms with Gasteiger partial charge in [-0.05, 0) is 32.6 Å². The van der Waals surface area contributed by atoms with Crippen LogP contribution in [0.1, 0.15) is 45.4 Å². The van der Waals surface area contributed by atoms with E-state index in [2.05, 4.69) is 6.92 Å². The van der Waals surface area contributed by atoms with Crippen LogP contribution in [0.25, 0.3) is 0 Å². The fourth-order valence-electron chi connectivity index (χ4n) is 2.12. The van der Waals surface area contributed by atoms with Crippen molar-refractivity contribution in [2.75, 3.05) is 6.61 Å². The summed E-state index contributed by atoms with van der Waals surface area (Å²) in [5.41, 5.74) is 0. The largest absolute Gasteiger partial charge is 0.379 e. The van der Waals surface area contributed by atoms with Crippen LogP contribution in [0.4, 0.5) is 0 Å². The van der Waals surface area contributed by atoms with Crippen LogP contribution >= 0.6 is 0 Å². The Bertz CT molecular complexity index is 142. The lowest BCUT2D eigenvalue weighted by molar-refractivity contribution is 0.125. The van der Waals surface area contributed by atoms with E-state index in [4.69, 9.17) is 9.47 Å². The van der Waals surface area contributed by atoms with Crippen molar-refractivity contribution in [3.63, 3.8) is 0 Å². The molecule has 0 aromatic rings. The molecule has 0 amide bonds. The van der Waals surface area contributed by atoms with Crippen LogP contribution < -0.4 is 0 Å². The van der Waals surface area contributed by atoms with Crippen molar-refractivity contribution in [2.45, 2.75) is 63.8 Å². The van der Waals surface area contributed by atoms with E-state index < -0.39 is 0 Å². The van der Waals surface area contributed by atoms with Gasteiger partial charge in [-0.15, -0.1) is 0 Å². The Hall–Kier alpha value is -0.0800. The fraction of sp³-hybridized carbons (Fsp3) is 1.00. The van der Waals surface area contributed by atoms with E-state index in [-0.39, 0.29) is 0 Å². The normalized spacial score (nSPS) is 41.8. The summed E-state index contributed by atoms with van der Waals surface area (Å²) in [6.45, 7) is 3.11. The molecule has 0 spiro atoms. The SMILES string of the molecule is C1CCC2OC2C1.CC1CCCO1. The molecule has 76 valence electrons. The summed E-state index contributed by atoms with van der Waals surface area (Å²) in [5, 5.41) is 0. The fourth-order valence-corrected chi connectivity index (χ4v) is 2.12. The molecule has 2 nitrogen and oxygen atoms in total. The van der Waals surface area contributed by atoms with Crippen LogP contribution in [0, 0.1) is 0 Å². The second kappa shape index (κ2) is 4.43. The van der Waals surface area contributed by atoms with Crippen molar-refractivity contribution < 1.29 is 9.47 Å². The average molecular weight is 184 g/mol. The zero-order chi connectivity index (χ0) is 9.10. The minimum Gasteiger partial charge on any atom is -0.379 e. The van der Waals surface area contributed by atoms with E-state index in [0.29, 0.717) is 18.3 Å². The van der Waals surface area contributed by atoms with Gasteiger partial charge >= 0.3 is 0 Å². The van der Waals surface area contributed by atoms with Crippen molar-refractivity contribution in [1.82, 2.24) is 0 Å². The first-order valence-electron chi connectivity index (χ1n) is 5.63. The molecule has 2 saturated heterocycles. The Morgan fingerprint density at radius 2 is 1.62 bits per heavy atom. The summed E-state index contributed by atoms with van der Waals surface area (Å²) in [5.74, 6) is 0. The lowest BCUT2D eigenvalue weighted by atomic mass is 10.0. The van der Waals surface area contributed by atoms with Crippen molar-refractivity contribution in [2.24, 2.45) is 0 Å². The third-order valence-corrected chi connectivity index (χ3v) is 3.07. The summed E-state index contributed by atoms with van der Waals surface area (Å²) in [6.07, 6.45) is 9.96. The van der Waals surface area contributed by atoms with E-state index in [0.717, 1.165) is 6.61 Å². The molecule has 2 heteroatoms. The van der Waals surface area contributed by atoms with Crippen molar-refractivity contribution in [3.8, 4) is 0 Å². The maximum atomic E-state index is 5.28. The molecule has 3 atom stereocenters. The van der Waals surface area contributed by atoms with Gasteiger partial charge in [-0.2, -0.15) is 0 Å². The lowest BCUT2D eigenvalue weighted by Gasteiger charge is -2.00. The summed E-state index contributed by atoms with van der Waals surface area (Å²) >= 11 is 0. The van der Waals surface area contributed by atoms with Gasteiger partial charge < -0.3 is 9.47 Å². The Labute approximate surface area is 80.6 Å². The summed E-state index contributed by atoms with van der Waals surface area (Å²) in [7, 11) is 0. The van der Waals surface area contributed by atoms with Crippen LogP contribution in [0.2, 0.25) is 0 Å². The molecule has 3 fully saturated rings. The third-order valence-electron chi connectivity index (χ3n) is 3.07. The third kappa shape index (κ3) is 2.96. The van der Waals surface area contributed by atoms with E-state index in [1.165, 1.54) is 38.5 Å². The lowest BCUT2D eigenvalue weighted by Crippen LogP contribution is -2.00. The van der Waals surface area contributed by atoms with E-state index in [1.54, 1.807) is 0 Å². The number of fused-ring (bicyclic) bond motifs is 1. The van der Waals surface area contributed by atoms with Crippen LogP contribution in [-0.4, -0.2) is 24.9 Å². The molecule has 2 heterocycles. The van der Waals surface area contributed by atoms with Gasteiger partial charge in [0.05, 0.1) is 18.3 Å². The number of rotatable bonds is 0. The highest BCUT2D eigenvalue weighted by molar-refractivity contribution is 4.87. The van der Waals surface area contributed by atoms with Crippen molar-refractivity contribution >= 4 is 0 Å². The topological polar surface area (TPSA) is 21.8 Å². The molecule has 1 saturated carbocycles. The number of epoxide rings is 1. The van der Waals surface area contributed by atoms with Crippen molar-refractivity contribution in [3.05, 3.63) is 0 Å². The average Bonchev–Trinajstić information content (AvgIpc) is 2.80. The van der Waals surface area contributed by atoms with E-state index in [1.807, 2.05) is 0 Å². The van der Waals surface area contributed by atoms with Gasteiger partial charge in [0, 0.05) is 6.61 Å². The maximum Gasteiger partial charge on any atom is 0.0841 e. The van der Waals surface area contributed by atoms with Gasteiger partial charge in [-0.25, -0.2) is 0 Å². The number of ether oxygens (including phenoxy) is 2. The summed E-state index contributed by atoms with van der Waals surface area (Å²) < 4.78 is 10.4. The Kier molecular flexibility index (Phi) is 3.23. The van der Waals surface area contributed by atoms with Crippen LogP contribution in [0.15, 0.2) is 0 Å².